The van der Waals surface area contributed by atoms with E-state index >= 15 is 0 Å². The second-order valence-electron chi connectivity index (χ2n) is 7.13. The van der Waals surface area contributed by atoms with Gasteiger partial charge in [-0.15, -0.1) is 0 Å². The smallest absolute Gasteiger partial charge is 0.00700 e. The van der Waals surface area contributed by atoms with Crippen LogP contribution in [0.4, 0.5) is 0 Å². The number of fused-ring (bicyclic) bond motifs is 1. The van der Waals surface area contributed by atoms with Gasteiger partial charge in [0.05, 0.1) is 0 Å². The maximum Gasteiger partial charge on any atom is 0.00700 e. The Morgan fingerprint density at radius 1 is 0.947 bits per heavy atom. The molecule has 1 N–H and O–H groups in total. The second-order valence-corrected chi connectivity index (χ2v) is 7.13. The van der Waals surface area contributed by atoms with E-state index < -0.39 is 0 Å². The van der Waals surface area contributed by atoms with Crippen LogP contribution in [-0.2, 0) is 0 Å². The molecule has 1 heteroatoms. The van der Waals surface area contributed by atoms with E-state index in [2.05, 4.69) is 11.4 Å². The third-order valence-electron chi connectivity index (χ3n) is 5.80. The number of hydrogen-bond acceptors (Lipinski definition) is 1. The predicted molar refractivity (Wildman–Crippen MR) is 82.3 cm³/mol. The minimum absolute atomic E-state index is 0.837. The van der Waals surface area contributed by atoms with Gasteiger partial charge in [-0.1, -0.05) is 37.3 Å². The molecule has 3 aliphatic carbocycles. The molecule has 3 rings (SSSR count). The Labute approximate surface area is 119 Å². The van der Waals surface area contributed by atoms with Crippen LogP contribution in [0.25, 0.3) is 0 Å². The minimum Gasteiger partial charge on any atom is -0.314 e. The highest BCUT2D eigenvalue weighted by molar-refractivity contribution is 5.05. The third-order valence-corrected chi connectivity index (χ3v) is 5.80. The molecule has 3 aliphatic rings. The summed E-state index contributed by atoms with van der Waals surface area (Å²) in [6.45, 7) is 1.23. The molecule has 0 saturated heterocycles. The fourth-order valence-corrected chi connectivity index (χ4v) is 4.63. The molecule has 0 bridgehead atoms. The molecule has 0 aliphatic heterocycles. The van der Waals surface area contributed by atoms with E-state index in [-0.39, 0.29) is 0 Å². The Morgan fingerprint density at radius 2 is 1.84 bits per heavy atom. The highest BCUT2D eigenvalue weighted by atomic mass is 14.9. The average Bonchev–Trinajstić information content (AvgIpc) is 2.48. The lowest BCUT2D eigenvalue weighted by Gasteiger charge is -2.39. The van der Waals surface area contributed by atoms with E-state index in [4.69, 9.17) is 0 Å². The summed E-state index contributed by atoms with van der Waals surface area (Å²) in [5, 5.41) is 3.86. The van der Waals surface area contributed by atoms with Gasteiger partial charge >= 0.3 is 0 Å². The lowest BCUT2D eigenvalue weighted by Crippen LogP contribution is -2.39. The van der Waals surface area contributed by atoms with E-state index in [1.807, 2.05) is 0 Å². The molecular weight excluding hydrogens is 230 g/mol. The van der Waals surface area contributed by atoms with E-state index in [9.17, 15) is 0 Å². The SMILES string of the molecule is C1=C(CCNC2CCC3CCCCC3C2)CCCC1. The van der Waals surface area contributed by atoms with Gasteiger partial charge in [0.15, 0.2) is 0 Å². The topological polar surface area (TPSA) is 12.0 Å². The summed E-state index contributed by atoms with van der Waals surface area (Å²) < 4.78 is 0. The molecule has 0 aromatic heterocycles. The van der Waals surface area contributed by atoms with Crippen LogP contribution in [0, 0.1) is 11.8 Å². The fourth-order valence-electron chi connectivity index (χ4n) is 4.63. The van der Waals surface area contributed by atoms with Gasteiger partial charge in [-0.05, 0) is 69.7 Å². The summed E-state index contributed by atoms with van der Waals surface area (Å²) in [6.07, 6.45) is 19.9. The second kappa shape index (κ2) is 6.92. The molecule has 0 aromatic carbocycles. The first-order valence-electron chi connectivity index (χ1n) is 8.83. The summed E-state index contributed by atoms with van der Waals surface area (Å²) in [4.78, 5) is 0. The van der Waals surface area contributed by atoms with Crippen molar-refractivity contribution in [3.63, 3.8) is 0 Å². The minimum atomic E-state index is 0.837. The van der Waals surface area contributed by atoms with Gasteiger partial charge in [0.25, 0.3) is 0 Å². The van der Waals surface area contributed by atoms with Gasteiger partial charge in [0, 0.05) is 6.04 Å². The summed E-state index contributed by atoms with van der Waals surface area (Å²) in [5.74, 6) is 2.15. The maximum absolute atomic E-state index is 3.86. The van der Waals surface area contributed by atoms with Gasteiger partial charge in [0.2, 0.25) is 0 Å². The van der Waals surface area contributed by atoms with Crippen LogP contribution in [0.15, 0.2) is 11.6 Å². The van der Waals surface area contributed by atoms with Gasteiger partial charge < -0.3 is 5.32 Å². The number of rotatable bonds is 4. The first-order valence-corrected chi connectivity index (χ1v) is 8.83. The highest BCUT2D eigenvalue weighted by Gasteiger charge is 2.31. The van der Waals surface area contributed by atoms with Crippen molar-refractivity contribution < 1.29 is 0 Å². The van der Waals surface area contributed by atoms with Crippen molar-refractivity contribution in [1.29, 1.82) is 0 Å². The Hall–Kier alpha value is -0.300. The average molecular weight is 261 g/mol. The molecule has 0 spiro atoms. The lowest BCUT2D eigenvalue weighted by molar-refractivity contribution is 0.144. The normalized spacial score (nSPS) is 35.6. The molecule has 3 unspecified atom stereocenters. The molecule has 3 atom stereocenters. The number of allylic oxidation sites excluding steroid dienone is 1. The zero-order valence-corrected chi connectivity index (χ0v) is 12.5. The van der Waals surface area contributed by atoms with Crippen molar-refractivity contribution in [3.8, 4) is 0 Å². The van der Waals surface area contributed by atoms with Crippen molar-refractivity contribution in [2.45, 2.75) is 83.1 Å². The van der Waals surface area contributed by atoms with E-state index in [0.717, 1.165) is 17.9 Å². The highest BCUT2D eigenvalue weighted by Crippen LogP contribution is 2.40. The molecule has 0 heterocycles. The van der Waals surface area contributed by atoms with E-state index in [0.29, 0.717) is 0 Å². The van der Waals surface area contributed by atoms with Gasteiger partial charge in [0.1, 0.15) is 0 Å². The number of nitrogens with one attached hydrogen (secondary N) is 1. The number of hydrogen-bond donors (Lipinski definition) is 1. The Morgan fingerprint density at radius 3 is 2.68 bits per heavy atom. The largest absolute Gasteiger partial charge is 0.314 e. The van der Waals surface area contributed by atoms with Crippen LogP contribution in [0.2, 0.25) is 0 Å². The van der Waals surface area contributed by atoms with Gasteiger partial charge in [-0.2, -0.15) is 0 Å². The summed E-state index contributed by atoms with van der Waals surface area (Å²) in [6, 6.07) is 0.837. The summed E-state index contributed by atoms with van der Waals surface area (Å²) >= 11 is 0. The monoisotopic (exact) mass is 261 g/mol. The molecular formula is C18H31N. The molecule has 108 valence electrons. The van der Waals surface area contributed by atoms with E-state index in [1.54, 1.807) is 5.57 Å². The Kier molecular flexibility index (Phi) is 4.98. The van der Waals surface area contributed by atoms with Gasteiger partial charge in [-0.3, -0.25) is 0 Å². The summed E-state index contributed by atoms with van der Waals surface area (Å²) in [7, 11) is 0. The first kappa shape index (κ1) is 13.7. The Bertz CT molecular complexity index is 307. The standard InChI is InChI=1S/C18H31N/c1-2-6-15(7-3-1)12-13-19-18-11-10-16-8-4-5-9-17(16)14-18/h6,16-19H,1-5,7-14H2. The lowest BCUT2D eigenvalue weighted by atomic mass is 9.69. The zero-order valence-electron chi connectivity index (χ0n) is 12.5. The summed E-state index contributed by atoms with van der Waals surface area (Å²) in [5.41, 5.74) is 1.73. The molecule has 0 aromatic rings. The van der Waals surface area contributed by atoms with Crippen LogP contribution >= 0.6 is 0 Å². The van der Waals surface area contributed by atoms with Crippen molar-refractivity contribution in [2.24, 2.45) is 11.8 Å². The molecule has 2 fully saturated rings. The fraction of sp³-hybridized carbons (Fsp3) is 0.889. The van der Waals surface area contributed by atoms with Crippen LogP contribution in [0.5, 0.6) is 0 Å². The molecule has 0 radical (unpaired) electrons. The Balaban J connectivity index is 1.37. The van der Waals surface area contributed by atoms with Crippen molar-refractivity contribution in [2.75, 3.05) is 6.54 Å². The molecule has 1 nitrogen and oxygen atoms in total. The van der Waals surface area contributed by atoms with Crippen LogP contribution in [0.3, 0.4) is 0 Å². The van der Waals surface area contributed by atoms with E-state index in [1.165, 1.54) is 83.6 Å². The van der Waals surface area contributed by atoms with Gasteiger partial charge in [-0.25, -0.2) is 0 Å². The third kappa shape index (κ3) is 3.84. The quantitative estimate of drug-likeness (QED) is 0.715. The van der Waals surface area contributed by atoms with Crippen LogP contribution in [-0.4, -0.2) is 12.6 Å². The van der Waals surface area contributed by atoms with Crippen molar-refractivity contribution >= 4 is 0 Å². The predicted octanol–water partition coefficient (Wildman–Crippen LogP) is 4.83. The molecule has 2 saturated carbocycles. The van der Waals surface area contributed by atoms with Crippen LogP contribution < -0.4 is 5.32 Å². The molecule has 0 amide bonds. The maximum atomic E-state index is 3.86. The first-order chi connectivity index (χ1) is 9.42. The van der Waals surface area contributed by atoms with Crippen LogP contribution in [0.1, 0.15) is 77.0 Å². The zero-order chi connectivity index (χ0) is 12.9. The van der Waals surface area contributed by atoms with Crippen molar-refractivity contribution in [1.82, 2.24) is 5.32 Å². The molecule has 19 heavy (non-hydrogen) atoms. The van der Waals surface area contributed by atoms with Crippen molar-refractivity contribution in [3.05, 3.63) is 11.6 Å².